The first-order valence-corrected chi connectivity index (χ1v) is 5.36. The van der Waals surface area contributed by atoms with Crippen molar-refractivity contribution >= 4 is 28.8 Å². The van der Waals surface area contributed by atoms with Crippen molar-refractivity contribution < 1.29 is 0 Å². The molecule has 0 atom stereocenters. The molecule has 2 aromatic heterocycles. The maximum Gasteiger partial charge on any atom is 0.230 e. The number of rotatable bonds is 3. The first-order chi connectivity index (χ1) is 8.18. The Balaban J connectivity index is 2.34. The van der Waals surface area contributed by atoms with Gasteiger partial charge in [0.15, 0.2) is 0 Å². The minimum atomic E-state index is 0.258. The molecule has 0 aliphatic rings. The summed E-state index contributed by atoms with van der Waals surface area (Å²) in [7, 11) is 1.86. The maximum atomic E-state index is 5.53. The van der Waals surface area contributed by atoms with Gasteiger partial charge in [-0.15, -0.1) is 0 Å². The molecule has 0 aliphatic heterocycles. The van der Waals surface area contributed by atoms with Gasteiger partial charge in [-0.3, -0.25) is 4.98 Å². The molecule has 86 valence electrons. The van der Waals surface area contributed by atoms with Crippen LogP contribution in [0.25, 0.3) is 0 Å². The summed E-state index contributed by atoms with van der Waals surface area (Å²) >= 11 is 4.88. The molecule has 2 N–H and O–H groups in total. The predicted molar refractivity (Wildman–Crippen MR) is 70.2 cm³/mol. The smallest absolute Gasteiger partial charge is 0.230 e. The summed E-state index contributed by atoms with van der Waals surface area (Å²) < 4.78 is 0. The molecule has 0 aliphatic carbocycles. The lowest BCUT2D eigenvalue weighted by Gasteiger charge is -2.16. The molecule has 2 aromatic rings. The van der Waals surface area contributed by atoms with E-state index in [2.05, 4.69) is 15.0 Å². The molecule has 2 heterocycles. The number of hydrogen-bond acceptors (Lipinski definition) is 5. The zero-order valence-corrected chi connectivity index (χ0v) is 10.1. The first kappa shape index (κ1) is 11.4. The van der Waals surface area contributed by atoms with Crippen molar-refractivity contribution in [3.63, 3.8) is 0 Å². The second-order valence-corrected chi connectivity index (χ2v) is 3.82. The van der Waals surface area contributed by atoms with Gasteiger partial charge in [-0.25, -0.2) is 9.97 Å². The third kappa shape index (κ3) is 2.54. The summed E-state index contributed by atoms with van der Waals surface area (Å²) in [6.07, 6.45) is 5.07. The maximum absolute atomic E-state index is 5.53. The summed E-state index contributed by atoms with van der Waals surface area (Å²) in [6, 6.07) is 5.45. The van der Waals surface area contributed by atoms with E-state index < -0.39 is 0 Å². The van der Waals surface area contributed by atoms with E-state index in [1.165, 1.54) is 0 Å². The monoisotopic (exact) mass is 245 g/mol. The number of nitrogens with zero attached hydrogens (tertiary/aromatic N) is 4. The molecule has 0 amide bonds. The molecule has 0 aromatic carbocycles. The van der Waals surface area contributed by atoms with Crippen LogP contribution in [0.2, 0.25) is 0 Å². The highest BCUT2D eigenvalue weighted by Gasteiger charge is 2.08. The average Bonchev–Trinajstić information content (AvgIpc) is 2.39. The first-order valence-electron chi connectivity index (χ1n) is 4.95. The second-order valence-electron chi connectivity index (χ2n) is 3.38. The van der Waals surface area contributed by atoms with Gasteiger partial charge >= 0.3 is 0 Å². The molecule has 5 nitrogen and oxygen atoms in total. The van der Waals surface area contributed by atoms with Crippen LogP contribution in [0.4, 0.5) is 11.6 Å². The second kappa shape index (κ2) is 4.84. The molecule has 0 unspecified atom stereocenters. The number of aromatic nitrogens is 3. The zero-order chi connectivity index (χ0) is 12.3. The van der Waals surface area contributed by atoms with Gasteiger partial charge in [0.1, 0.15) is 10.7 Å². The van der Waals surface area contributed by atoms with Gasteiger partial charge in [-0.1, -0.05) is 12.2 Å². The van der Waals surface area contributed by atoms with Crippen molar-refractivity contribution in [1.29, 1.82) is 0 Å². The van der Waals surface area contributed by atoms with Crippen LogP contribution in [0.3, 0.4) is 0 Å². The molecule has 0 radical (unpaired) electrons. The lowest BCUT2D eigenvalue weighted by Crippen LogP contribution is -2.17. The SMILES string of the molecule is CN(c1cccnc1)c1nccc(C(N)=S)n1. The fourth-order valence-electron chi connectivity index (χ4n) is 1.31. The number of thiocarbonyl (C=S) groups is 1. The van der Waals surface area contributed by atoms with Crippen LogP contribution in [-0.4, -0.2) is 27.0 Å². The highest BCUT2D eigenvalue weighted by Crippen LogP contribution is 2.17. The zero-order valence-electron chi connectivity index (χ0n) is 9.24. The van der Waals surface area contributed by atoms with Gasteiger partial charge in [-0.2, -0.15) is 0 Å². The molecule has 0 saturated carbocycles. The van der Waals surface area contributed by atoms with E-state index in [-0.39, 0.29) is 4.99 Å². The van der Waals surface area contributed by atoms with Crippen LogP contribution in [0.15, 0.2) is 36.8 Å². The van der Waals surface area contributed by atoms with Crippen LogP contribution in [0.1, 0.15) is 5.69 Å². The summed E-state index contributed by atoms with van der Waals surface area (Å²) in [6.45, 7) is 0. The molecule has 0 fully saturated rings. The Morgan fingerprint density at radius 3 is 2.82 bits per heavy atom. The minimum Gasteiger partial charge on any atom is -0.388 e. The van der Waals surface area contributed by atoms with Crippen LogP contribution in [0.5, 0.6) is 0 Å². The highest BCUT2D eigenvalue weighted by molar-refractivity contribution is 7.80. The molecular formula is C11H11N5S. The number of hydrogen-bond donors (Lipinski definition) is 1. The van der Waals surface area contributed by atoms with E-state index in [0.717, 1.165) is 5.69 Å². The molecule has 2 rings (SSSR count). The van der Waals surface area contributed by atoms with E-state index in [1.807, 2.05) is 24.1 Å². The molecule has 0 bridgehead atoms. The average molecular weight is 245 g/mol. The van der Waals surface area contributed by atoms with Gasteiger partial charge in [-0.05, 0) is 18.2 Å². The Labute approximate surface area is 104 Å². The number of anilines is 2. The number of pyridine rings is 1. The summed E-state index contributed by atoms with van der Waals surface area (Å²) in [4.78, 5) is 14.6. The Hall–Kier alpha value is -2.08. The third-order valence-corrected chi connectivity index (χ3v) is 2.44. The fraction of sp³-hybridized carbons (Fsp3) is 0.0909. The van der Waals surface area contributed by atoms with Crippen molar-refractivity contribution in [3.8, 4) is 0 Å². The Morgan fingerprint density at radius 1 is 1.35 bits per heavy atom. The summed E-state index contributed by atoms with van der Waals surface area (Å²) in [5, 5.41) is 0. The molecule has 0 spiro atoms. The molecule has 17 heavy (non-hydrogen) atoms. The fourth-order valence-corrected chi connectivity index (χ4v) is 1.43. The Bertz CT molecular complexity index is 528. The van der Waals surface area contributed by atoms with Crippen molar-refractivity contribution in [2.24, 2.45) is 5.73 Å². The van der Waals surface area contributed by atoms with E-state index in [4.69, 9.17) is 18.0 Å². The topological polar surface area (TPSA) is 67.9 Å². The van der Waals surface area contributed by atoms with Crippen LogP contribution < -0.4 is 10.6 Å². The van der Waals surface area contributed by atoms with Crippen molar-refractivity contribution in [1.82, 2.24) is 15.0 Å². The lowest BCUT2D eigenvalue weighted by molar-refractivity contribution is 1.03. The van der Waals surface area contributed by atoms with Gasteiger partial charge in [0.05, 0.1) is 11.9 Å². The van der Waals surface area contributed by atoms with Gasteiger partial charge < -0.3 is 10.6 Å². The van der Waals surface area contributed by atoms with Gasteiger partial charge in [0.25, 0.3) is 0 Å². The van der Waals surface area contributed by atoms with Crippen LogP contribution >= 0.6 is 12.2 Å². The molecule has 6 heteroatoms. The quantitative estimate of drug-likeness (QED) is 0.821. The van der Waals surface area contributed by atoms with Crippen molar-refractivity contribution in [2.75, 3.05) is 11.9 Å². The van der Waals surface area contributed by atoms with Crippen LogP contribution in [-0.2, 0) is 0 Å². The highest BCUT2D eigenvalue weighted by atomic mass is 32.1. The number of nitrogens with two attached hydrogens (primary N) is 1. The standard InChI is InChI=1S/C11H11N5S/c1-16(8-3-2-5-13-7-8)11-14-6-4-9(15-11)10(12)17/h2-7H,1H3,(H2,12,17). The van der Waals surface area contributed by atoms with E-state index in [0.29, 0.717) is 11.6 Å². The summed E-state index contributed by atoms with van der Waals surface area (Å²) in [5.74, 6) is 0.531. The Kier molecular flexibility index (Phi) is 3.24. The third-order valence-electron chi connectivity index (χ3n) is 2.23. The van der Waals surface area contributed by atoms with Crippen LogP contribution in [0, 0.1) is 0 Å². The normalized spacial score (nSPS) is 9.94. The predicted octanol–water partition coefficient (Wildman–Crippen LogP) is 1.27. The lowest BCUT2D eigenvalue weighted by atomic mass is 10.4. The van der Waals surface area contributed by atoms with E-state index in [1.54, 1.807) is 24.7 Å². The van der Waals surface area contributed by atoms with E-state index >= 15 is 0 Å². The summed E-state index contributed by atoms with van der Waals surface area (Å²) in [5.41, 5.74) is 6.98. The van der Waals surface area contributed by atoms with Gasteiger partial charge in [0.2, 0.25) is 5.95 Å². The van der Waals surface area contributed by atoms with Crippen molar-refractivity contribution in [3.05, 3.63) is 42.5 Å². The van der Waals surface area contributed by atoms with Gasteiger partial charge in [0, 0.05) is 19.4 Å². The minimum absolute atomic E-state index is 0.258. The van der Waals surface area contributed by atoms with E-state index in [9.17, 15) is 0 Å². The largest absolute Gasteiger partial charge is 0.388 e. The Morgan fingerprint density at radius 2 is 2.18 bits per heavy atom. The molecule has 0 saturated heterocycles. The van der Waals surface area contributed by atoms with Crippen molar-refractivity contribution in [2.45, 2.75) is 0 Å². The molecular weight excluding hydrogens is 234 g/mol.